The van der Waals surface area contributed by atoms with Crippen molar-refractivity contribution in [3.63, 3.8) is 0 Å². The predicted molar refractivity (Wildman–Crippen MR) is 106 cm³/mol. The van der Waals surface area contributed by atoms with Gasteiger partial charge in [-0.3, -0.25) is 23.9 Å². The molecule has 1 aromatic heterocycles. The zero-order valence-corrected chi connectivity index (χ0v) is 16.0. The maximum atomic E-state index is 13.6. The second-order valence-corrected chi connectivity index (χ2v) is 7.83. The van der Waals surface area contributed by atoms with Crippen molar-refractivity contribution in [1.82, 2.24) is 14.5 Å². The lowest BCUT2D eigenvalue weighted by Gasteiger charge is -2.30. The van der Waals surface area contributed by atoms with Gasteiger partial charge in [0.15, 0.2) is 5.82 Å². The Bertz CT molecular complexity index is 1280. The fourth-order valence-electron chi connectivity index (χ4n) is 4.37. The van der Waals surface area contributed by atoms with Gasteiger partial charge in [-0.05, 0) is 55.3 Å². The Kier molecular flexibility index (Phi) is 4.25. The van der Waals surface area contributed by atoms with Crippen molar-refractivity contribution in [1.29, 1.82) is 0 Å². The molecule has 30 heavy (non-hydrogen) atoms. The van der Waals surface area contributed by atoms with Crippen molar-refractivity contribution in [2.75, 3.05) is 13.1 Å². The van der Waals surface area contributed by atoms with Gasteiger partial charge in [0.2, 0.25) is 5.78 Å². The lowest BCUT2D eigenvalue weighted by molar-refractivity contribution is -0.143. The number of carbonyl (C=O) groups excluding carboxylic acids is 1. The Balaban J connectivity index is 1.54. The van der Waals surface area contributed by atoms with Crippen LogP contribution in [-0.4, -0.2) is 44.4 Å². The molecule has 1 saturated heterocycles. The van der Waals surface area contributed by atoms with E-state index in [0.717, 1.165) is 24.6 Å². The van der Waals surface area contributed by atoms with Gasteiger partial charge in [-0.1, -0.05) is 6.07 Å². The fourth-order valence-corrected chi connectivity index (χ4v) is 4.37. The lowest BCUT2D eigenvalue weighted by Crippen LogP contribution is -2.38. The number of hydrogen-bond acceptors (Lipinski definition) is 5. The van der Waals surface area contributed by atoms with E-state index in [1.807, 2.05) is 6.07 Å². The van der Waals surface area contributed by atoms with Crippen LogP contribution >= 0.6 is 0 Å². The fraction of sp³-hybridized carbons (Fsp3) is 0.273. The topological polar surface area (TPSA) is 92.5 Å². The van der Waals surface area contributed by atoms with Crippen molar-refractivity contribution in [3.8, 4) is 5.69 Å². The van der Waals surface area contributed by atoms with Crippen molar-refractivity contribution in [3.05, 3.63) is 69.5 Å². The van der Waals surface area contributed by atoms with Crippen molar-refractivity contribution in [2.24, 2.45) is 5.92 Å². The Labute approximate surface area is 170 Å². The average molecular weight is 407 g/mol. The molecule has 7 nitrogen and oxygen atoms in total. The number of rotatable bonds is 3. The summed E-state index contributed by atoms with van der Waals surface area (Å²) < 4.78 is 14.8. The Morgan fingerprint density at radius 2 is 2.03 bits per heavy atom. The first-order valence-electron chi connectivity index (χ1n) is 9.78. The normalized spacial score (nSPS) is 18.4. The molecule has 1 fully saturated rings. The van der Waals surface area contributed by atoms with Crippen LogP contribution in [-0.2, 0) is 11.3 Å². The number of benzene rings is 2. The summed E-state index contributed by atoms with van der Waals surface area (Å²) in [4.78, 5) is 43.5. The molecule has 5 rings (SSSR count). The standard InChI is InChI=1S/C22H18FN3O4/c23-14-4-6-18-16(9-14)19(27)20-24-17-5-3-12(8-15(17)21(28)26(18)20)10-25-7-1-2-13(11-25)22(29)30/h3-6,8-9,13H,1-2,7,10-11H2,(H,29,30). The van der Waals surface area contributed by atoms with E-state index in [9.17, 15) is 23.9 Å². The Hall–Kier alpha value is -3.39. The second-order valence-electron chi connectivity index (χ2n) is 7.83. The first-order valence-corrected chi connectivity index (χ1v) is 9.78. The first-order chi connectivity index (χ1) is 14.4. The third-order valence-corrected chi connectivity index (χ3v) is 5.84. The summed E-state index contributed by atoms with van der Waals surface area (Å²) in [6, 6.07) is 9.03. The lowest BCUT2D eigenvalue weighted by atomic mass is 9.98. The third-order valence-electron chi connectivity index (χ3n) is 5.84. The molecule has 2 aliphatic rings. The van der Waals surface area contributed by atoms with Crippen molar-refractivity contribution >= 4 is 22.7 Å². The van der Waals surface area contributed by atoms with Crippen LogP contribution in [0.2, 0.25) is 0 Å². The number of aromatic nitrogens is 2. The van der Waals surface area contributed by atoms with Crippen LogP contribution in [0.15, 0.2) is 41.2 Å². The number of carbonyl (C=O) groups is 2. The molecule has 0 bridgehead atoms. The zero-order chi connectivity index (χ0) is 21.0. The van der Waals surface area contributed by atoms with Gasteiger partial charge >= 0.3 is 5.97 Å². The highest BCUT2D eigenvalue weighted by molar-refractivity contribution is 6.13. The van der Waals surface area contributed by atoms with Gasteiger partial charge in [-0.25, -0.2) is 9.37 Å². The first kappa shape index (κ1) is 18.6. The third kappa shape index (κ3) is 2.91. The van der Waals surface area contributed by atoms with E-state index in [1.165, 1.54) is 16.7 Å². The highest BCUT2D eigenvalue weighted by Crippen LogP contribution is 2.27. The van der Waals surface area contributed by atoms with Crippen molar-refractivity contribution < 1.29 is 19.1 Å². The summed E-state index contributed by atoms with van der Waals surface area (Å²) in [5, 5.41) is 9.65. The summed E-state index contributed by atoms with van der Waals surface area (Å²) in [6.07, 6.45) is 1.49. The number of ketones is 1. The van der Waals surface area contributed by atoms with E-state index in [1.54, 1.807) is 12.1 Å². The molecule has 0 amide bonds. The van der Waals surface area contributed by atoms with Crippen LogP contribution in [0.3, 0.4) is 0 Å². The maximum absolute atomic E-state index is 13.6. The van der Waals surface area contributed by atoms with Gasteiger partial charge < -0.3 is 5.11 Å². The van der Waals surface area contributed by atoms with Gasteiger partial charge in [0.05, 0.1) is 28.1 Å². The number of nitrogens with zero attached hydrogens (tertiary/aromatic N) is 3. The van der Waals surface area contributed by atoms with Crippen LogP contribution in [0.25, 0.3) is 16.6 Å². The number of likely N-dealkylation sites (tertiary alicyclic amines) is 1. The van der Waals surface area contributed by atoms with Gasteiger partial charge in [-0.15, -0.1) is 0 Å². The molecule has 0 spiro atoms. The smallest absolute Gasteiger partial charge is 0.307 e. The van der Waals surface area contributed by atoms with Crippen LogP contribution in [0.4, 0.5) is 4.39 Å². The van der Waals surface area contributed by atoms with E-state index >= 15 is 0 Å². The number of carboxylic acid groups (broad SMARTS) is 1. The molecule has 0 saturated carbocycles. The molecule has 1 N–H and O–H groups in total. The monoisotopic (exact) mass is 407 g/mol. The largest absolute Gasteiger partial charge is 0.481 e. The highest BCUT2D eigenvalue weighted by Gasteiger charge is 2.31. The molecule has 3 aromatic rings. The molecular formula is C22H18FN3O4. The van der Waals surface area contributed by atoms with Gasteiger partial charge in [0, 0.05) is 13.1 Å². The number of hydrogen-bond donors (Lipinski definition) is 1. The Morgan fingerprint density at radius 1 is 1.20 bits per heavy atom. The molecule has 0 aliphatic carbocycles. The average Bonchev–Trinajstić information content (AvgIpc) is 3.00. The zero-order valence-electron chi connectivity index (χ0n) is 16.0. The van der Waals surface area contributed by atoms with Gasteiger partial charge in [-0.2, -0.15) is 0 Å². The number of carboxylic acids is 1. The minimum absolute atomic E-state index is 0.0128. The van der Waals surface area contributed by atoms with Crippen LogP contribution in [0.5, 0.6) is 0 Å². The molecule has 152 valence electrons. The molecule has 2 aromatic carbocycles. The molecule has 8 heteroatoms. The van der Waals surface area contributed by atoms with E-state index in [0.29, 0.717) is 36.1 Å². The quantitative estimate of drug-likeness (QED) is 0.561. The summed E-state index contributed by atoms with van der Waals surface area (Å²) in [7, 11) is 0. The number of piperidine rings is 1. The summed E-state index contributed by atoms with van der Waals surface area (Å²) >= 11 is 0. The van der Waals surface area contributed by atoms with Crippen LogP contribution < -0.4 is 5.56 Å². The molecule has 2 aliphatic heterocycles. The minimum atomic E-state index is -0.781. The maximum Gasteiger partial charge on any atom is 0.307 e. The molecule has 3 heterocycles. The van der Waals surface area contributed by atoms with E-state index in [-0.39, 0.29) is 22.9 Å². The highest BCUT2D eigenvalue weighted by atomic mass is 19.1. The van der Waals surface area contributed by atoms with Crippen LogP contribution in [0, 0.1) is 11.7 Å². The molecule has 1 unspecified atom stereocenters. The number of aliphatic carboxylic acids is 1. The predicted octanol–water partition coefficient (Wildman–Crippen LogP) is 2.37. The van der Waals surface area contributed by atoms with Gasteiger partial charge in [0.25, 0.3) is 5.56 Å². The second kappa shape index (κ2) is 6.84. The number of fused-ring (bicyclic) bond motifs is 4. The minimum Gasteiger partial charge on any atom is -0.481 e. The molecule has 0 radical (unpaired) electrons. The summed E-state index contributed by atoms with van der Waals surface area (Å²) in [6.45, 7) is 1.81. The molecule has 1 atom stereocenters. The SMILES string of the molecule is O=C1c2cc(F)ccc2-n2c1nc1ccc(CN3CCCC(C(=O)O)C3)cc1c2=O. The van der Waals surface area contributed by atoms with Crippen molar-refractivity contribution in [2.45, 2.75) is 19.4 Å². The molecular weight excluding hydrogens is 389 g/mol. The summed E-state index contributed by atoms with van der Waals surface area (Å²) in [5.74, 6) is -2.19. The van der Waals surface area contributed by atoms with Gasteiger partial charge in [0.1, 0.15) is 5.82 Å². The van der Waals surface area contributed by atoms with E-state index < -0.39 is 17.6 Å². The van der Waals surface area contributed by atoms with E-state index in [2.05, 4.69) is 9.88 Å². The van der Waals surface area contributed by atoms with Crippen LogP contribution in [0.1, 0.15) is 34.6 Å². The number of halogens is 1. The Morgan fingerprint density at radius 3 is 2.83 bits per heavy atom. The van der Waals surface area contributed by atoms with E-state index in [4.69, 9.17) is 0 Å². The summed E-state index contributed by atoms with van der Waals surface area (Å²) in [5.41, 5.74) is 1.36.